The zero-order valence-electron chi connectivity index (χ0n) is 54.5. The number of esters is 1. The van der Waals surface area contributed by atoms with Gasteiger partial charge in [0, 0.05) is 12.8 Å². The number of ether oxygens (including phenoxy) is 1. The van der Waals surface area contributed by atoms with E-state index in [4.69, 9.17) is 13.8 Å². The molecule has 0 fully saturated rings. The van der Waals surface area contributed by atoms with E-state index in [1.165, 1.54) is 167 Å². The number of likely N-dealkylation sites (N-methyl/N-ethyl adjacent to an activating group) is 1. The van der Waals surface area contributed by atoms with Crippen LogP contribution in [-0.4, -0.2) is 74.3 Å². The van der Waals surface area contributed by atoms with Crippen molar-refractivity contribution in [2.24, 2.45) is 0 Å². The molecule has 0 spiro atoms. The first-order chi connectivity index (χ1) is 39.9. The molecule has 476 valence electrons. The molecule has 2 N–H and O–H groups in total. The van der Waals surface area contributed by atoms with Gasteiger partial charge in [-0.25, -0.2) is 4.57 Å². The van der Waals surface area contributed by atoms with Crippen LogP contribution in [0.3, 0.4) is 0 Å². The fourth-order valence-electron chi connectivity index (χ4n) is 9.79. The number of phosphoric ester groups is 1. The van der Waals surface area contributed by atoms with Crippen molar-refractivity contribution in [1.82, 2.24) is 5.32 Å². The molecule has 0 bridgehead atoms. The molecule has 0 rings (SSSR count). The highest BCUT2D eigenvalue weighted by molar-refractivity contribution is 7.47. The second-order valence-electron chi connectivity index (χ2n) is 24.3. The van der Waals surface area contributed by atoms with Gasteiger partial charge in [0.2, 0.25) is 5.91 Å². The number of rotatable bonds is 62. The molecule has 3 unspecified atom stereocenters. The standard InChI is InChI=1S/C72H131N2O7P/c1-7-10-13-16-19-22-25-28-30-32-34-36-37-39-40-42-44-46-49-52-55-58-61-64-71(75)73-69(68-80-82(77,78)79-67-66-74(4,5)6)70(63-60-57-54-51-48-27-24-21-18-15-12-9-3)81-72(76)65-62-59-56-53-50-47-45-43-41-38-35-33-31-29-26-23-20-17-14-11-8-2/h11,14,20,23,28-31,35,38,43,45,60,63,69-70H,7-10,12-13,15-19,21-22,24-27,32-34,36-37,39-42,44,46-59,61-62,64-68H2,1-6H3,(H-,73,75,77,78)/p+1/b14-11-,23-20-,30-28+,31-29-,38-35-,45-43-,63-60+. The first kappa shape index (κ1) is 79.2. The summed E-state index contributed by atoms with van der Waals surface area (Å²) in [6, 6.07) is -0.861. The van der Waals surface area contributed by atoms with E-state index in [1.54, 1.807) is 0 Å². The molecule has 10 heteroatoms. The van der Waals surface area contributed by atoms with Crippen LogP contribution in [0.4, 0.5) is 0 Å². The van der Waals surface area contributed by atoms with Gasteiger partial charge < -0.3 is 19.4 Å². The first-order valence-electron chi connectivity index (χ1n) is 34.4. The highest BCUT2D eigenvalue weighted by atomic mass is 31.2. The van der Waals surface area contributed by atoms with E-state index in [0.717, 1.165) is 103 Å². The lowest BCUT2D eigenvalue weighted by Gasteiger charge is -2.27. The van der Waals surface area contributed by atoms with Gasteiger partial charge >= 0.3 is 13.8 Å². The van der Waals surface area contributed by atoms with Crippen LogP contribution in [0, 0.1) is 0 Å². The Bertz CT molecular complexity index is 1680. The summed E-state index contributed by atoms with van der Waals surface area (Å²) < 4.78 is 30.8. The number of phosphoric acid groups is 1. The Morgan fingerprint density at radius 3 is 1.18 bits per heavy atom. The molecule has 0 aromatic heterocycles. The number of nitrogens with one attached hydrogen (secondary N) is 1. The molecule has 0 aliphatic rings. The minimum absolute atomic E-state index is 0.0344. The number of hydrogen-bond donors (Lipinski definition) is 2. The number of amides is 1. The maximum atomic E-state index is 13.6. The highest BCUT2D eigenvalue weighted by Gasteiger charge is 2.30. The van der Waals surface area contributed by atoms with Gasteiger partial charge in [-0.15, -0.1) is 0 Å². The summed E-state index contributed by atoms with van der Waals surface area (Å²) in [5, 5.41) is 3.06. The maximum Gasteiger partial charge on any atom is 0.472 e. The summed E-state index contributed by atoms with van der Waals surface area (Å²) in [5.41, 5.74) is 0. The molecule has 1 amide bonds. The average molecular weight is 1170 g/mol. The third-order valence-electron chi connectivity index (χ3n) is 15.1. The number of allylic oxidation sites excluding steroid dienone is 13. The summed E-state index contributed by atoms with van der Waals surface area (Å²) in [4.78, 5) is 37.9. The largest absolute Gasteiger partial charge is 0.472 e. The second kappa shape index (κ2) is 61.3. The van der Waals surface area contributed by atoms with Crippen LogP contribution in [0.25, 0.3) is 0 Å². The Kier molecular flexibility index (Phi) is 59.2. The molecule has 0 aliphatic carbocycles. The van der Waals surface area contributed by atoms with Crippen molar-refractivity contribution in [1.29, 1.82) is 0 Å². The first-order valence-corrected chi connectivity index (χ1v) is 35.9. The van der Waals surface area contributed by atoms with E-state index < -0.39 is 20.0 Å². The van der Waals surface area contributed by atoms with Gasteiger partial charge in [-0.3, -0.25) is 18.6 Å². The number of hydrogen-bond acceptors (Lipinski definition) is 6. The van der Waals surface area contributed by atoms with E-state index >= 15 is 0 Å². The van der Waals surface area contributed by atoms with Gasteiger partial charge in [0.15, 0.2) is 0 Å². The highest BCUT2D eigenvalue weighted by Crippen LogP contribution is 2.43. The predicted octanol–water partition coefficient (Wildman–Crippen LogP) is 21.7. The van der Waals surface area contributed by atoms with Crippen molar-refractivity contribution >= 4 is 19.7 Å². The molecule has 82 heavy (non-hydrogen) atoms. The van der Waals surface area contributed by atoms with Crippen molar-refractivity contribution in [3.05, 3.63) is 85.1 Å². The lowest BCUT2D eigenvalue weighted by Crippen LogP contribution is -2.47. The predicted molar refractivity (Wildman–Crippen MR) is 355 cm³/mol. The van der Waals surface area contributed by atoms with Gasteiger partial charge in [-0.2, -0.15) is 0 Å². The Morgan fingerprint density at radius 2 is 0.780 bits per heavy atom. The Morgan fingerprint density at radius 1 is 0.439 bits per heavy atom. The maximum absolute atomic E-state index is 13.6. The van der Waals surface area contributed by atoms with Crippen LogP contribution in [0.2, 0.25) is 0 Å². The summed E-state index contributed by atoms with van der Waals surface area (Å²) >= 11 is 0. The van der Waals surface area contributed by atoms with Crippen LogP contribution in [0.1, 0.15) is 310 Å². The SMILES string of the molecule is CC/C=C\C/C=C\C/C=C\C/C=C\C/C=C\CCCCCCCC(=O)OC(/C=C/CCCCCCCCCCCC)C(COP(=O)(O)OCC[N+](C)(C)C)NC(=O)CCCCCCCCCCCCCCC/C=C/CCCCCCCC. The monoisotopic (exact) mass is 1170 g/mol. The van der Waals surface area contributed by atoms with E-state index in [0.29, 0.717) is 23.9 Å². The van der Waals surface area contributed by atoms with Gasteiger partial charge in [0.25, 0.3) is 0 Å². The number of quaternary nitrogens is 1. The Labute approximate surface area is 507 Å². The van der Waals surface area contributed by atoms with E-state index in [9.17, 15) is 19.0 Å². The molecule has 0 heterocycles. The smallest absolute Gasteiger partial charge is 0.456 e. The second-order valence-corrected chi connectivity index (χ2v) is 25.8. The molecule has 0 aromatic rings. The van der Waals surface area contributed by atoms with E-state index in [1.807, 2.05) is 33.3 Å². The Balaban J connectivity index is 5.15. The minimum Gasteiger partial charge on any atom is -0.456 e. The minimum atomic E-state index is -4.46. The van der Waals surface area contributed by atoms with Crippen LogP contribution in [0.15, 0.2) is 85.1 Å². The molecular weight excluding hydrogens is 1040 g/mol. The molecule has 9 nitrogen and oxygen atoms in total. The van der Waals surface area contributed by atoms with E-state index in [2.05, 4.69) is 99.0 Å². The van der Waals surface area contributed by atoms with Gasteiger partial charge in [-0.05, 0) is 102 Å². The third-order valence-corrected chi connectivity index (χ3v) is 16.1. The zero-order valence-corrected chi connectivity index (χ0v) is 55.4. The number of unbranched alkanes of at least 4 members (excludes halogenated alkanes) is 34. The van der Waals surface area contributed by atoms with Crippen molar-refractivity contribution in [3.63, 3.8) is 0 Å². The number of carbonyl (C=O) groups excluding carboxylic acids is 2. The molecule has 3 atom stereocenters. The summed E-state index contributed by atoms with van der Waals surface area (Å²) in [6.45, 7) is 6.91. The molecule has 0 saturated carbocycles. The van der Waals surface area contributed by atoms with Gasteiger partial charge in [-0.1, -0.05) is 280 Å². The van der Waals surface area contributed by atoms with Crippen LogP contribution in [-0.2, 0) is 27.9 Å². The molecule has 0 aromatic carbocycles. The number of carbonyl (C=O) groups is 2. The molecule has 0 radical (unpaired) electrons. The molecule has 0 aliphatic heterocycles. The number of nitrogens with zero attached hydrogens (tertiary/aromatic N) is 1. The fourth-order valence-corrected chi connectivity index (χ4v) is 10.5. The summed E-state index contributed by atoms with van der Waals surface area (Å²) in [6.07, 6.45) is 81.6. The third kappa shape index (κ3) is 61.7. The van der Waals surface area contributed by atoms with E-state index in [-0.39, 0.29) is 31.5 Å². The fraction of sp³-hybridized carbons (Fsp3) is 0.778. The van der Waals surface area contributed by atoms with Crippen LogP contribution >= 0.6 is 7.82 Å². The summed E-state index contributed by atoms with van der Waals surface area (Å²) in [7, 11) is 1.48. The van der Waals surface area contributed by atoms with Crippen molar-refractivity contribution in [3.8, 4) is 0 Å². The lowest BCUT2D eigenvalue weighted by molar-refractivity contribution is -0.870. The zero-order chi connectivity index (χ0) is 60.0. The molecular formula is C72H132N2O7P+. The van der Waals surface area contributed by atoms with Crippen molar-refractivity contribution < 1.29 is 37.3 Å². The van der Waals surface area contributed by atoms with Gasteiger partial charge in [0.1, 0.15) is 19.3 Å². The Hall–Kier alpha value is -2.81. The van der Waals surface area contributed by atoms with Crippen LogP contribution in [0.5, 0.6) is 0 Å². The summed E-state index contributed by atoms with van der Waals surface area (Å²) in [5.74, 6) is -0.522. The van der Waals surface area contributed by atoms with Crippen molar-refractivity contribution in [2.75, 3.05) is 40.9 Å². The lowest BCUT2D eigenvalue weighted by atomic mass is 10.0. The normalized spacial score (nSPS) is 14.1. The van der Waals surface area contributed by atoms with Crippen LogP contribution < -0.4 is 5.32 Å². The van der Waals surface area contributed by atoms with Gasteiger partial charge in [0.05, 0.1) is 33.8 Å². The van der Waals surface area contributed by atoms with Crippen molar-refractivity contribution in [2.45, 2.75) is 322 Å². The quantitative estimate of drug-likeness (QED) is 0.0205. The molecule has 0 saturated heterocycles. The topological polar surface area (TPSA) is 111 Å². The average Bonchev–Trinajstić information content (AvgIpc) is 3.44.